The minimum Gasteiger partial charge on any atom is -0.478 e. The Morgan fingerprint density at radius 3 is 2.54 bits per heavy atom. The number of rotatable bonds is 4. The number of nitrogens with one attached hydrogen (secondary N) is 3. The van der Waals surface area contributed by atoms with Crippen molar-refractivity contribution in [2.45, 2.75) is 25.9 Å². The Morgan fingerprint density at radius 1 is 1.08 bits per heavy atom. The number of carbonyl (C=O) groups excluding carboxylic acids is 3. The fraction of sp³-hybridized carbons (Fsp3) is 0.211. The molecule has 0 saturated heterocycles. The van der Waals surface area contributed by atoms with E-state index in [0.717, 1.165) is 12.0 Å². The van der Waals surface area contributed by atoms with E-state index >= 15 is 0 Å². The first-order valence-corrected chi connectivity index (χ1v) is 8.31. The Balaban J connectivity index is 1.52. The molecule has 26 heavy (non-hydrogen) atoms. The first kappa shape index (κ1) is 17.5. The van der Waals surface area contributed by atoms with Gasteiger partial charge in [0.25, 0.3) is 11.8 Å². The third-order valence-electron chi connectivity index (χ3n) is 4.02. The predicted octanol–water partition coefficient (Wildman–Crippen LogP) is 1.80. The van der Waals surface area contributed by atoms with Crippen LogP contribution in [0.2, 0.25) is 0 Å². The van der Waals surface area contributed by atoms with Crippen LogP contribution in [-0.4, -0.2) is 23.8 Å². The Bertz CT molecular complexity index is 833. The Labute approximate surface area is 150 Å². The molecule has 0 bridgehead atoms. The highest BCUT2D eigenvalue weighted by molar-refractivity contribution is 6.00. The largest absolute Gasteiger partial charge is 0.478 e. The van der Waals surface area contributed by atoms with Gasteiger partial charge in [0.05, 0.1) is 12.1 Å². The molecule has 0 radical (unpaired) electrons. The first-order valence-electron chi connectivity index (χ1n) is 8.31. The molecule has 3 rings (SSSR count). The maximum Gasteiger partial charge on any atom is 0.269 e. The number of aryl methyl sites for hydroxylation is 1. The quantitative estimate of drug-likeness (QED) is 0.730. The van der Waals surface area contributed by atoms with Gasteiger partial charge in [0.2, 0.25) is 5.91 Å². The molecule has 0 fully saturated rings. The lowest BCUT2D eigenvalue weighted by atomic mass is 10.1. The number of anilines is 1. The Kier molecular flexibility index (Phi) is 5.17. The number of fused-ring (bicyclic) bond motifs is 1. The van der Waals surface area contributed by atoms with E-state index in [-0.39, 0.29) is 6.42 Å². The van der Waals surface area contributed by atoms with E-state index in [1.54, 1.807) is 36.4 Å². The zero-order valence-electron chi connectivity index (χ0n) is 14.2. The standard InChI is InChI=1S/C19H19N3O4/c1-2-12-7-9-13(10-8-12)18(24)22-21-17(23)11-16-19(25)20-14-5-3-4-6-15(14)26-16/h3-10,16H,2,11H2,1H3,(H,20,25)(H,21,23)(H,22,24)/t16-/m1/s1. The molecule has 7 nitrogen and oxygen atoms in total. The van der Waals surface area contributed by atoms with Crippen LogP contribution in [0.25, 0.3) is 0 Å². The van der Waals surface area contributed by atoms with Crippen LogP contribution in [0, 0.1) is 0 Å². The molecule has 0 spiro atoms. The number of hydrogen-bond acceptors (Lipinski definition) is 4. The van der Waals surface area contributed by atoms with Crippen LogP contribution in [-0.2, 0) is 16.0 Å². The number of para-hydroxylation sites is 2. The van der Waals surface area contributed by atoms with Crippen LogP contribution in [0.3, 0.4) is 0 Å². The highest BCUT2D eigenvalue weighted by atomic mass is 16.5. The van der Waals surface area contributed by atoms with E-state index in [1.165, 1.54) is 0 Å². The van der Waals surface area contributed by atoms with Crippen molar-refractivity contribution in [1.82, 2.24) is 10.9 Å². The SMILES string of the molecule is CCc1ccc(C(=O)NNC(=O)C[C@H]2Oc3ccccc3NC2=O)cc1. The van der Waals surface area contributed by atoms with Crippen molar-refractivity contribution in [1.29, 1.82) is 0 Å². The molecular formula is C19H19N3O4. The summed E-state index contributed by atoms with van der Waals surface area (Å²) in [5.74, 6) is -0.853. The molecule has 3 amide bonds. The number of carbonyl (C=O) groups is 3. The van der Waals surface area contributed by atoms with Gasteiger partial charge < -0.3 is 10.1 Å². The number of hydrazine groups is 1. The van der Waals surface area contributed by atoms with Gasteiger partial charge in [-0.15, -0.1) is 0 Å². The number of benzene rings is 2. The molecule has 0 aliphatic carbocycles. The molecule has 134 valence electrons. The summed E-state index contributed by atoms with van der Waals surface area (Å²) in [6, 6.07) is 14.1. The van der Waals surface area contributed by atoms with Gasteiger partial charge in [0.15, 0.2) is 6.10 Å². The molecule has 2 aromatic carbocycles. The molecule has 0 aromatic heterocycles. The zero-order chi connectivity index (χ0) is 18.5. The van der Waals surface area contributed by atoms with Gasteiger partial charge in [0, 0.05) is 5.56 Å². The average Bonchev–Trinajstić information content (AvgIpc) is 2.66. The molecular weight excluding hydrogens is 334 g/mol. The highest BCUT2D eigenvalue weighted by Gasteiger charge is 2.29. The predicted molar refractivity (Wildman–Crippen MR) is 95.5 cm³/mol. The van der Waals surface area contributed by atoms with Crippen molar-refractivity contribution in [2.24, 2.45) is 0 Å². The van der Waals surface area contributed by atoms with Gasteiger partial charge in [0.1, 0.15) is 5.75 Å². The van der Waals surface area contributed by atoms with Crippen LogP contribution >= 0.6 is 0 Å². The number of hydrogen-bond donors (Lipinski definition) is 3. The second-order valence-corrected chi connectivity index (χ2v) is 5.85. The van der Waals surface area contributed by atoms with Crippen molar-refractivity contribution >= 4 is 23.4 Å². The van der Waals surface area contributed by atoms with Gasteiger partial charge in [-0.25, -0.2) is 0 Å². The molecule has 3 N–H and O–H groups in total. The van der Waals surface area contributed by atoms with Gasteiger partial charge in [-0.1, -0.05) is 31.2 Å². The van der Waals surface area contributed by atoms with Gasteiger partial charge in [-0.05, 0) is 36.2 Å². The van der Waals surface area contributed by atoms with E-state index in [1.807, 2.05) is 19.1 Å². The summed E-state index contributed by atoms with van der Waals surface area (Å²) in [5, 5.41) is 2.69. The lowest BCUT2D eigenvalue weighted by Crippen LogP contribution is -2.46. The maximum absolute atomic E-state index is 12.0. The summed E-state index contributed by atoms with van der Waals surface area (Å²) in [6.45, 7) is 2.02. The lowest BCUT2D eigenvalue weighted by molar-refractivity contribution is -0.130. The summed E-state index contributed by atoms with van der Waals surface area (Å²) >= 11 is 0. The smallest absolute Gasteiger partial charge is 0.269 e. The van der Waals surface area contributed by atoms with Gasteiger partial charge in [-0.2, -0.15) is 0 Å². The highest BCUT2D eigenvalue weighted by Crippen LogP contribution is 2.29. The van der Waals surface area contributed by atoms with Crippen molar-refractivity contribution < 1.29 is 19.1 Å². The molecule has 0 unspecified atom stereocenters. The summed E-state index contributed by atoms with van der Waals surface area (Å²) in [6.07, 6.45) is -0.286. The zero-order valence-corrected chi connectivity index (χ0v) is 14.2. The van der Waals surface area contributed by atoms with Crippen LogP contribution in [0.1, 0.15) is 29.3 Å². The van der Waals surface area contributed by atoms with Crippen molar-refractivity contribution in [3.8, 4) is 5.75 Å². The van der Waals surface area contributed by atoms with Crippen molar-refractivity contribution in [2.75, 3.05) is 5.32 Å². The molecule has 1 aliphatic rings. The maximum atomic E-state index is 12.0. The minimum atomic E-state index is -0.953. The second-order valence-electron chi connectivity index (χ2n) is 5.85. The van der Waals surface area contributed by atoms with E-state index in [0.29, 0.717) is 17.0 Å². The summed E-state index contributed by atoms with van der Waals surface area (Å²) in [5.41, 5.74) is 6.75. The molecule has 1 aliphatic heterocycles. The topological polar surface area (TPSA) is 96.5 Å². The Hall–Kier alpha value is -3.35. The molecule has 2 aromatic rings. The van der Waals surface area contributed by atoms with E-state index in [2.05, 4.69) is 16.2 Å². The summed E-state index contributed by atoms with van der Waals surface area (Å²) < 4.78 is 5.55. The fourth-order valence-electron chi connectivity index (χ4n) is 2.54. The van der Waals surface area contributed by atoms with Crippen LogP contribution in [0.5, 0.6) is 5.75 Å². The molecule has 0 saturated carbocycles. The monoisotopic (exact) mass is 353 g/mol. The second kappa shape index (κ2) is 7.69. The number of amides is 3. The van der Waals surface area contributed by atoms with Gasteiger partial charge >= 0.3 is 0 Å². The number of ether oxygens (including phenoxy) is 1. The minimum absolute atomic E-state index is 0.213. The van der Waals surface area contributed by atoms with E-state index in [4.69, 9.17) is 4.74 Å². The van der Waals surface area contributed by atoms with Crippen molar-refractivity contribution in [3.63, 3.8) is 0 Å². The van der Waals surface area contributed by atoms with Crippen LogP contribution in [0.15, 0.2) is 48.5 Å². The van der Waals surface area contributed by atoms with Crippen LogP contribution < -0.4 is 20.9 Å². The fourth-order valence-corrected chi connectivity index (χ4v) is 2.54. The third kappa shape index (κ3) is 4.00. The normalized spacial score (nSPS) is 15.3. The third-order valence-corrected chi connectivity index (χ3v) is 4.02. The summed E-state index contributed by atoms with van der Waals surface area (Å²) in [4.78, 5) is 36.1. The molecule has 1 heterocycles. The lowest BCUT2D eigenvalue weighted by Gasteiger charge is -2.25. The van der Waals surface area contributed by atoms with Gasteiger partial charge in [-0.3, -0.25) is 25.2 Å². The first-order chi connectivity index (χ1) is 12.6. The van der Waals surface area contributed by atoms with Crippen molar-refractivity contribution in [3.05, 3.63) is 59.7 Å². The van der Waals surface area contributed by atoms with E-state index in [9.17, 15) is 14.4 Å². The molecule has 7 heteroatoms. The Morgan fingerprint density at radius 2 is 1.81 bits per heavy atom. The summed E-state index contributed by atoms with van der Waals surface area (Å²) in [7, 11) is 0. The average molecular weight is 353 g/mol. The van der Waals surface area contributed by atoms with Crippen LogP contribution in [0.4, 0.5) is 5.69 Å². The molecule has 1 atom stereocenters. The van der Waals surface area contributed by atoms with E-state index < -0.39 is 23.8 Å².